The van der Waals surface area contributed by atoms with Crippen molar-refractivity contribution in [2.45, 2.75) is 20.5 Å². The summed E-state index contributed by atoms with van der Waals surface area (Å²) in [4.78, 5) is 39.2. The summed E-state index contributed by atoms with van der Waals surface area (Å²) in [6.07, 6.45) is 1.40. The van der Waals surface area contributed by atoms with Crippen molar-refractivity contribution in [1.29, 1.82) is 5.26 Å². The Bertz CT molecular complexity index is 1460. The van der Waals surface area contributed by atoms with Gasteiger partial charge in [-0.2, -0.15) is 5.26 Å². The third kappa shape index (κ3) is 5.55. The molecule has 8 nitrogen and oxygen atoms in total. The van der Waals surface area contributed by atoms with E-state index >= 15 is 0 Å². The molecule has 0 saturated carbocycles. The summed E-state index contributed by atoms with van der Waals surface area (Å²) >= 11 is 3.48. The lowest BCUT2D eigenvalue weighted by molar-refractivity contribution is -0.122. The lowest BCUT2D eigenvalue weighted by Crippen LogP contribution is -2.54. The Balaban J connectivity index is 1.67. The lowest BCUT2D eigenvalue weighted by Gasteiger charge is -2.26. The molecule has 0 unspecified atom stereocenters. The van der Waals surface area contributed by atoms with Crippen molar-refractivity contribution in [2.75, 3.05) is 11.5 Å². The second-order valence-corrected chi connectivity index (χ2v) is 8.96. The van der Waals surface area contributed by atoms with Gasteiger partial charge in [0, 0.05) is 10.0 Å². The Hall–Kier alpha value is -4.42. The fourth-order valence-electron chi connectivity index (χ4n) is 3.69. The van der Waals surface area contributed by atoms with Crippen LogP contribution in [-0.2, 0) is 16.2 Å². The van der Waals surface area contributed by atoms with E-state index in [1.54, 1.807) is 54.6 Å². The second-order valence-electron chi connectivity index (χ2n) is 8.10. The Morgan fingerprint density at radius 2 is 1.73 bits per heavy atom. The molecule has 1 aliphatic heterocycles. The zero-order valence-electron chi connectivity index (χ0n) is 20.1. The number of nitrogens with one attached hydrogen (secondary N) is 1. The van der Waals surface area contributed by atoms with Crippen LogP contribution in [0.1, 0.15) is 29.2 Å². The molecule has 0 spiro atoms. The number of aryl methyl sites for hydroxylation is 1. The SMILES string of the molecule is CCOc1cc(/C=C2\C(=O)NC(=O)N(c3ccc(C)cc3)C2=O)c(Br)cc1OCc1ccccc1C#N. The predicted octanol–water partition coefficient (Wildman–Crippen LogP) is 5.27. The first kappa shape index (κ1) is 25.7. The summed E-state index contributed by atoms with van der Waals surface area (Å²) in [6.45, 7) is 4.20. The van der Waals surface area contributed by atoms with Gasteiger partial charge in [-0.05, 0) is 55.8 Å². The molecule has 1 heterocycles. The molecule has 1 N–H and O–H groups in total. The highest BCUT2D eigenvalue weighted by atomic mass is 79.9. The topological polar surface area (TPSA) is 109 Å². The monoisotopic (exact) mass is 559 g/mol. The van der Waals surface area contributed by atoms with Crippen LogP contribution in [-0.4, -0.2) is 24.5 Å². The molecule has 37 heavy (non-hydrogen) atoms. The van der Waals surface area contributed by atoms with Gasteiger partial charge < -0.3 is 9.47 Å². The number of ether oxygens (including phenoxy) is 2. The quantitative estimate of drug-likeness (QED) is 0.312. The highest BCUT2D eigenvalue weighted by Crippen LogP contribution is 2.36. The highest BCUT2D eigenvalue weighted by molar-refractivity contribution is 9.10. The molecule has 4 amide bonds. The van der Waals surface area contributed by atoms with Crippen molar-refractivity contribution >= 4 is 45.5 Å². The van der Waals surface area contributed by atoms with Crippen LogP contribution in [0.2, 0.25) is 0 Å². The number of urea groups is 1. The molecule has 4 rings (SSSR count). The van der Waals surface area contributed by atoms with E-state index in [0.29, 0.717) is 39.4 Å². The Labute approximate surface area is 222 Å². The molecule has 1 fully saturated rings. The standard InChI is InChI=1S/C28H22BrN3O5/c1-3-36-24-13-20(23(29)14-25(24)37-16-19-7-5-4-6-18(19)15-30)12-22-26(33)31-28(35)32(27(22)34)21-10-8-17(2)9-11-21/h4-14H,3,16H2,1-2H3,(H,31,33,35)/b22-12+. The number of halogens is 1. The maximum absolute atomic E-state index is 13.2. The predicted molar refractivity (Wildman–Crippen MR) is 141 cm³/mol. The van der Waals surface area contributed by atoms with Gasteiger partial charge in [0.1, 0.15) is 12.2 Å². The Kier molecular flexibility index (Phi) is 7.70. The van der Waals surface area contributed by atoms with E-state index < -0.39 is 17.8 Å². The average Bonchev–Trinajstić information content (AvgIpc) is 2.88. The van der Waals surface area contributed by atoms with Gasteiger partial charge >= 0.3 is 6.03 Å². The third-order valence-electron chi connectivity index (χ3n) is 5.58. The maximum Gasteiger partial charge on any atom is 0.335 e. The molecular weight excluding hydrogens is 538 g/mol. The van der Waals surface area contributed by atoms with Gasteiger partial charge in [-0.3, -0.25) is 14.9 Å². The Morgan fingerprint density at radius 3 is 2.43 bits per heavy atom. The summed E-state index contributed by atoms with van der Waals surface area (Å²) < 4.78 is 12.2. The van der Waals surface area contributed by atoms with Crippen molar-refractivity contribution < 1.29 is 23.9 Å². The minimum absolute atomic E-state index is 0.144. The zero-order chi connectivity index (χ0) is 26.5. The molecule has 1 saturated heterocycles. The van der Waals surface area contributed by atoms with Crippen molar-refractivity contribution in [3.05, 3.63) is 93.0 Å². The molecular formula is C28H22BrN3O5. The smallest absolute Gasteiger partial charge is 0.335 e. The average molecular weight is 560 g/mol. The minimum atomic E-state index is -0.813. The third-order valence-corrected chi connectivity index (χ3v) is 6.26. The molecule has 0 aliphatic carbocycles. The van der Waals surface area contributed by atoms with Crippen molar-refractivity contribution in [1.82, 2.24) is 5.32 Å². The van der Waals surface area contributed by atoms with Gasteiger partial charge in [0.15, 0.2) is 11.5 Å². The number of rotatable bonds is 7. The first-order valence-electron chi connectivity index (χ1n) is 11.4. The van der Waals surface area contributed by atoms with Crippen LogP contribution in [0.3, 0.4) is 0 Å². The summed E-state index contributed by atoms with van der Waals surface area (Å²) in [7, 11) is 0. The maximum atomic E-state index is 13.2. The second kappa shape index (κ2) is 11.1. The molecule has 1 aliphatic rings. The van der Waals surface area contributed by atoms with Crippen molar-refractivity contribution in [3.63, 3.8) is 0 Å². The van der Waals surface area contributed by atoms with Gasteiger partial charge in [-0.15, -0.1) is 0 Å². The number of nitrogens with zero attached hydrogens (tertiary/aromatic N) is 2. The molecule has 0 atom stereocenters. The molecule has 186 valence electrons. The van der Waals surface area contributed by atoms with Gasteiger partial charge in [0.25, 0.3) is 11.8 Å². The first-order chi connectivity index (χ1) is 17.8. The number of hydrogen-bond acceptors (Lipinski definition) is 6. The molecule has 0 radical (unpaired) electrons. The van der Waals surface area contributed by atoms with Gasteiger partial charge in [-0.25, -0.2) is 9.69 Å². The molecule has 0 aromatic heterocycles. The van der Waals surface area contributed by atoms with Crippen LogP contribution in [0.5, 0.6) is 11.5 Å². The first-order valence-corrected chi connectivity index (χ1v) is 12.2. The van der Waals surface area contributed by atoms with E-state index in [0.717, 1.165) is 16.0 Å². The van der Waals surface area contributed by atoms with E-state index in [1.807, 2.05) is 19.9 Å². The van der Waals surface area contributed by atoms with Crippen LogP contribution >= 0.6 is 15.9 Å². The van der Waals surface area contributed by atoms with Crippen LogP contribution in [0.4, 0.5) is 10.5 Å². The van der Waals surface area contributed by atoms with Gasteiger partial charge in [0.2, 0.25) is 0 Å². The lowest BCUT2D eigenvalue weighted by atomic mass is 10.1. The van der Waals surface area contributed by atoms with Crippen LogP contribution in [0.25, 0.3) is 6.08 Å². The number of anilines is 1. The van der Waals surface area contributed by atoms with Crippen LogP contribution < -0.4 is 19.7 Å². The van der Waals surface area contributed by atoms with E-state index in [4.69, 9.17) is 9.47 Å². The number of benzene rings is 3. The van der Waals surface area contributed by atoms with E-state index in [1.165, 1.54) is 6.08 Å². The largest absolute Gasteiger partial charge is 0.490 e. The van der Waals surface area contributed by atoms with Gasteiger partial charge in [0.05, 0.1) is 23.9 Å². The van der Waals surface area contributed by atoms with Crippen LogP contribution in [0.15, 0.2) is 70.7 Å². The number of carbonyl (C=O) groups excluding carboxylic acids is 3. The molecule has 3 aromatic carbocycles. The molecule has 9 heteroatoms. The number of carbonyl (C=O) groups is 3. The Morgan fingerprint density at radius 1 is 1.03 bits per heavy atom. The minimum Gasteiger partial charge on any atom is -0.490 e. The normalized spacial score (nSPS) is 14.4. The highest BCUT2D eigenvalue weighted by Gasteiger charge is 2.37. The van der Waals surface area contributed by atoms with E-state index in [-0.39, 0.29) is 12.2 Å². The van der Waals surface area contributed by atoms with Crippen molar-refractivity contribution in [3.8, 4) is 17.6 Å². The number of hydrogen-bond donors (Lipinski definition) is 1. The summed E-state index contributed by atoms with van der Waals surface area (Å²) in [6, 6.07) is 18.6. The van der Waals surface area contributed by atoms with E-state index in [2.05, 4.69) is 27.3 Å². The number of barbiturate groups is 1. The van der Waals surface area contributed by atoms with Crippen molar-refractivity contribution in [2.24, 2.45) is 0 Å². The molecule has 0 bridgehead atoms. The summed E-state index contributed by atoms with van der Waals surface area (Å²) in [5.41, 5.74) is 2.81. The van der Waals surface area contributed by atoms with Crippen LogP contribution in [0, 0.1) is 18.3 Å². The van der Waals surface area contributed by atoms with E-state index in [9.17, 15) is 19.6 Å². The fourth-order valence-corrected chi connectivity index (χ4v) is 4.13. The number of nitriles is 1. The fraction of sp³-hybridized carbons (Fsp3) is 0.143. The molecule has 3 aromatic rings. The number of amides is 4. The summed E-state index contributed by atoms with van der Waals surface area (Å²) in [5.74, 6) is -0.728. The summed E-state index contributed by atoms with van der Waals surface area (Å²) in [5, 5.41) is 11.5. The number of imide groups is 2. The zero-order valence-corrected chi connectivity index (χ0v) is 21.7. The van der Waals surface area contributed by atoms with Gasteiger partial charge in [-0.1, -0.05) is 51.8 Å².